The second-order valence-electron chi connectivity index (χ2n) is 8.38. The van der Waals surface area contributed by atoms with E-state index in [9.17, 15) is 23.2 Å². The summed E-state index contributed by atoms with van der Waals surface area (Å²) in [5, 5.41) is 6.37. The Morgan fingerprint density at radius 1 is 1.26 bits per heavy atom. The molecule has 0 aromatic heterocycles. The van der Waals surface area contributed by atoms with E-state index in [0.717, 1.165) is 18.9 Å². The molecule has 1 aromatic rings. The monoisotopic (exact) mass is 435 g/mol. The van der Waals surface area contributed by atoms with Gasteiger partial charge in [0, 0.05) is 31.0 Å². The summed E-state index contributed by atoms with van der Waals surface area (Å²) in [5.74, 6) is -2.85. The Bertz CT molecular complexity index is 882. The molecule has 1 saturated carbocycles. The Morgan fingerprint density at radius 2 is 2.00 bits per heavy atom. The van der Waals surface area contributed by atoms with E-state index in [0.29, 0.717) is 24.5 Å². The van der Waals surface area contributed by atoms with Gasteiger partial charge < -0.3 is 15.1 Å². The van der Waals surface area contributed by atoms with E-state index in [1.807, 2.05) is 0 Å². The molecular formula is C22H27F2N3O4. The van der Waals surface area contributed by atoms with Crippen molar-refractivity contribution in [2.24, 2.45) is 11.1 Å². The van der Waals surface area contributed by atoms with Gasteiger partial charge >= 0.3 is 5.97 Å². The number of oxime groups is 1. The van der Waals surface area contributed by atoms with Crippen molar-refractivity contribution in [2.45, 2.75) is 71.0 Å². The number of rotatable bonds is 9. The molecule has 0 radical (unpaired) electrons. The second kappa shape index (κ2) is 9.98. The number of carbonyl (C=O) groups is 3. The van der Waals surface area contributed by atoms with Gasteiger partial charge in [-0.3, -0.25) is 9.59 Å². The minimum absolute atomic E-state index is 0.0345. The number of amides is 2. The zero-order valence-electron chi connectivity index (χ0n) is 17.7. The molecule has 0 bridgehead atoms. The molecule has 7 nitrogen and oxygen atoms in total. The van der Waals surface area contributed by atoms with Crippen molar-refractivity contribution >= 4 is 23.5 Å². The van der Waals surface area contributed by atoms with E-state index in [1.165, 1.54) is 17.0 Å². The first-order valence-corrected chi connectivity index (χ1v) is 10.5. The van der Waals surface area contributed by atoms with Crippen molar-refractivity contribution in [3.8, 4) is 0 Å². The lowest BCUT2D eigenvalue weighted by molar-refractivity contribution is -0.148. The van der Waals surface area contributed by atoms with Crippen molar-refractivity contribution in [3.63, 3.8) is 0 Å². The quantitative estimate of drug-likeness (QED) is 0.367. The Kier molecular flexibility index (Phi) is 7.35. The van der Waals surface area contributed by atoms with Gasteiger partial charge in [0.2, 0.25) is 11.8 Å². The van der Waals surface area contributed by atoms with Crippen molar-refractivity contribution in [1.29, 1.82) is 0 Å². The fourth-order valence-corrected chi connectivity index (χ4v) is 3.64. The largest absolute Gasteiger partial charge is 0.357 e. The van der Waals surface area contributed by atoms with Crippen LogP contribution in [0.15, 0.2) is 23.4 Å². The number of nitrogens with one attached hydrogen (secondary N) is 1. The van der Waals surface area contributed by atoms with Crippen molar-refractivity contribution in [2.75, 3.05) is 0 Å². The number of nitrogens with zero attached hydrogens (tertiary/aromatic N) is 2. The first-order valence-electron chi connectivity index (χ1n) is 10.5. The Morgan fingerprint density at radius 3 is 2.68 bits per heavy atom. The van der Waals surface area contributed by atoms with Crippen LogP contribution < -0.4 is 5.32 Å². The van der Waals surface area contributed by atoms with Crippen LogP contribution in [0.4, 0.5) is 8.78 Å². The third kappa shape index (κ3) is 6.32. The van der Waals surface area contributed by atoms with Gasteiger partial charge in [0.25, 0.3) is 0 Å². The van der Waals surface area contributed by atoms with Crippen LogP contribution in [0.3, 0.4) is 0 Å². The molecule has 2 aliphatic rings. The molecule has 1 aliphatic carbocycles. The maximum absolute atomic E-state index is 14.0. The molecule has 2 fully saturated rings. The number of hydrogen-bond acceptors (Lipinski definition) is 5. The summed E-state index contributed by atoms with van der Waals surface area (Å²) in [4.78, 5) is 43.6. The van der Waals surface area contributed by atoms with Gasteiger partial charge in [0.1, 0.15) is 6.04 Å². The topological polar surface area (TPSA) is 88.1 Å². The predicted octanol–water partition coefficient (Wildman–Crippen LogP) is 3.07. The first kappa shape index (κ1) is 22.8. The molecule has 168 valence electrons. The number of hydrogen-bond donors (Lipinski definition) is 1. The molecule has 0 unspecified atom stereocenters. The van der Waals surface area contributed by atoms with Crippen LogP contribution in [0.1, 0.15) is 57.9 Å². The number of carbonyl (C=O) groups excluding carboxylic acids is 3. The molecule has 1 saturated heterocycles. The van der Waals surface area contributed by atoms with Gasteiger partial charge in [0.15, 0.2) is 11.6 Å². The zero-order valence-corrected chi connectivity index (χ0v) is 17.7. The molecule has 1 aliphatic heterocycles. The van der Waals surface area contributed by atoms with E-state index < -0.39 is 35.6 Å². The van der Waals surface area contributed by atoms with Crippen LogP contribution in [0.5, 0.6) is 0 Å². The normalized spacial score (nSPS) is 19.2. The third-order valence-corrected chi connectivity index (χ3v) is 5.45. The molecule has 31 heavy (non-hydrogen) atoms. The third-order valence-electron chi connectivity index (χ3n) is 5.45. The molecule has 9 heteroatoms. The molecule has 1 heterocycles. The summed E-state index contributed by atoms with van der Waals surface area (Å²) >= 11 is 0. The molecule has 0 spiro atoms. The second-order valence-corrected chi connectivity index (χ2v) is 8.38. The number of benzene rings is 1. The Labute approximate surface area is 179 Å². The average molecular weight is 435 g/mol. The number of likely N-dealkylation sites (tertiary alicyclic amines) is 1. The average Bonchev–Trinajstić information content (AvgIpc) is 3.47. The maximum Gasteiger partial charge on any atom is 0.357 e. The van der Waals surface area contributed by atoms with E-state index in [4.69, 9.17) is 4.84 Å². The standard InChI is InChI=1S/C22H27F2N3O4/c1-13(2)26-31-22(30)18(10-14-6-7-14)25-19(28)11-16-8-9-20(29)27(16)12-15-4-3-5-17(23)21(15)24/h3-5,14,16,18H,6-12H2,1-2H3,(H,25,28)/t16-,18-/m0/s1. The molecule has 1 N–H and O–H groups in total. The van der Waals surface area contributed by atoms with Gasteiger partial charge in [0.05, 0.1) is 5.71 Å². The van der Waals surface area contributed by atoms with Crippen molar-refractivity contribution in [3.05, 3.63) is 35.4 Å². The molecule has 2 atom stereocenters. The lowest BCUT2D eigenvalue weighted by atomic mass is 10.1. The van der Waals surface area contributed by atoms with Crippen molar-refractivity contribution < 1.29 is 28.0 Å². The van der Waals surface area contributed by atoms with Crippen LogP contribution in [0.25, 0.3) is 0 Å². The number of halogens is 2. The molecular weight excluding hydrogens is 408 g/mol. The fourth-order valence-electron chi connectivity index (χ4n) is 3.64. The van der Waals surface area contributed by atoms with E-state index >= 15 is 0 Å². The zero-order chi connectivity index (χ0) is 22.5. The maximum atomic E-state index is 14.0. The van der Waals surface area contributed by atoms with Crippen LogP contribution in [-0.2, 0) is 25.8 Å². The van der Waals surface area contributed by atoms with Crippen LogP contribution >= 0.6 is 0 Å². The summed E-state index contributed by atoms with van der Waals surface area (Å²) in [5.41, 5.74) is 0.637. The summed E-state index contributed by atoms with van der Waals surface area (Å²) < 4.78 is 27.5. The molecule has 3 rings (SSSR count). The Balaban J connectivity index is 1.62. The summed E-state index contributed by atoms with van der Waals surface area (Å²) in [6.45, 7) is 3.27. The smallest absolute Gasteiger partial charge is 0.343 e. The summed E-state index contributed by atoms with van der Waals surface area (Å²) in [7, 11) is 0. The minimum atomic E-state index is -0.996. The van der Waals surface area contributed by atoms with Crippen molar-refractivity contribution in [1.82, 2.24) is 10.2 Å². The van der Waals surface area contributed by atoms with E-state index in [2.05, 4.69) is 10.5 Å². The highest BCUT2D eigenvalue weighted by Crippen LogP contribution is 2.34. The van der Waals surface area contributed by atoms with Gasteiger partial charge in [-0.25, -0.2) is 13.6 Å². The highest BCUT2D eigenvalue weighted by Gasteiger charge is 2.35. The highest BCUT2D eigenvalue weighted by atomic mass is 19.2. The summed E-state index contributed by atoms with van der Waals surface area (Å²) in [6, 6.07) is 2.54. The first-order chi connectivity index (χ1) is 14.7. The van der Waals surface area contributed by atoms with Gasteiger partial charge in [-0.15, -0.1) is 0 Å². The Hall–Kier alpha value is -2.84. The van der Waals surface area contributed by atoms with Crippen LogP contribution in [0, 0.1) is 17.6 Å². The lowest BCUT2D eigenvalue weighted by Crippen LogP contribution is -2.44. The van der Waals surface area contributed by atoms with Gasteiger partial charge in [-0.2, -0.15) is 0 Å². The fraction of sp³-hybridized carbons (Fsp3) is 0.545. The van der Waals surface area contributed by atoms with Crippen LogP contribution in [-0.4, -0.2) is 40.5 Å². The SMILES string of the molecule is CC(C)=NOC(=O)[C@H](CC1CC1)NC(=O)C[C@@H]1CCC(=O)N1Cc1cccc(F)c1F. The predicted molar refractivity (Wildman–Crippen MR) is 109 cm³/mol. The lowest BCUT2D eigenvalue weighted by Gasteiger charge is -2.25. The van der Waals surface area contributed by atoms with E-state index in [1.54, 1.807) is 13.8 Å². The van der Waals surface area contributed by atoms with Gasteiger partial charge in [-0.05, 0) is 38.7 Å². The van der Waals surface area contributed by atoms with Crippen LogP contribution in [0.2, 0.25) is 0 Å². The highest BCUT2D eigenvalue weighted by molar-refractivity contribution is 5.86. The van der Waals surface area contributed by atoms with Gasteiger partial charge in [-0.1, -0.05) is 30.1 Å². The minimum Gasteiger partial charge on any atom is -0.343 e. The van der Waals surface area contributed by atoms with E-state index in [-0.39, 0.29) is 30.9 Å². The molecule has 1 aromatic carbocycles. The summed E-state index contributed by atoms with van der Waals surface area (Å²) in [6.07, 6.45) is 3.10. The molecule has 2 amide bonds.